The molecule has 2 N–H and O–H groups in total. The maximum absolute atomic E-state index is 14.0. The smallest absolute Gasteiger partial charge is 0.332 e. The molecule has 1 fully saturated rings. The summed E-state index contributed by atoms with van der Waals surface area (Å²) in [6.07, 6.45) is 1.40. The molecule has 0 saturated carbocycles. The van der Waals surface area contributed by atoms with E-state index < -0.39 is 11.6 Å². The number of rotatable bonds is 7. The third-order valence-corrected chi connectivity index (χ3v) is 7.22. The molecule has 1 saturated heterocycles. The maximum Gasteiger partial charge on any atom is 0.332 e. The average molecular weight is 490 g/mol. The number of ether oxygens (including phenoxy) is 1. The van der Waals surface area contributed by atoms with E-state index in [1.807, 2.05) is 37.2 Å². The van der Waals surface area contributed by atoms with Crippen molar-refractivity contribution in [3.63, 3.8) is 0 Å². The topological polar surface area (TPSA) is 98.0 Å². The molecule has 36 heavy (non-hydrogen) atoms. The van der Waals surface area contributed by atoms with Gasteiger partial charge < -0.3 is 24.8 Å². The van der Waals surface area contributed by atoms with Crippen LogP contribution >= 0.6 is 0 Å². The Hall–Kier alpha value is -3.85. The lowest BCUT2D eigenvalue weighted by Crippen LogP contribution is -2.49. The van der Waals surface area contributed by atoms with E-state index in [0.717, 1.165) is 40.1 Å². The van der Waals surface area contributed by atoms with Crippen LogP contribution in [-0.4, -0.2) is 73.5 Å². The van der Waals surface area contributed by atoms with Gasteiger partial charge in [-0.3, -0.25) is 9.59 Å². The zero-order valence-corrected chi connectivity index (χ0v) is 21.1. The van der Waals surface area contributed by atoms with E-state index in [1.165, 1.54) is 0 Å². The third kappa shape index (κ3) is 3.62. The van der Waals surface area contributed by atoms with Gasteiger partial charge in [0, 0.05) is 24.0 Å². The maximum atomic E-state index is 14.0. The molecule has 3 heterocycles. The number of aromatic amines is 1. The van der Waals surface area contributed by atoms with Gasteiger partial charge in [-0.05, 0) is 76.3 Å². The van der Waals surface area contributed by atoms with Crippen molar-refractivity contribution >= 4 is 34.4 Å². The Balaban J connectivity index is 1.50. The number of anilines is 1. The van der Waals surface area contributed by atoms with E-state index in [0.29, 0.717) is 36.5 Å². The number of hydrogen-bond donors (Lipinski definition) is 2. The number of urea groups is 1. The van der Waals surface area contributed by atoms with Crippen molar-refractivity contribution in [1.29, 1.82) is 0 Å². The van der Waals surface area contributed by atoms with Crippen LogP contribution in [0.25, 0.3) is 10.9 Å². The zero-order chi connectivity index (χ0) is 25.6. The molecule has 2 aromatic carbocycles. The van der Waals surface area contributed by atoms with Gasteiger partial charge >= 0.3 is 6.03 Å². The van der Waals surface area contributed by atoms with Gasteiger partial charge in [0.05, 0.1) is 24.1 Å². The largest absolute Gasteiger partial charge is 0.497 e. The number of carbonyl (C=O) groups excluding carboxylic acids is 3. The summed E-state index contributed by atoms with van der Waals surface area (Å²) in [6.45, 7) is 3.52. The standard InChI is InChI=1S/C27H31N5O4/c1-27-23-18(20-16-17(36-4)10-11-21(20)29-23)12-15-31(27)26(35)32(25(27)34)22-9-6-5-8-19(22)24(33)28-13-7-14-30(2)3/h5-6,8-11,16,29H,7,12-15H2,1-4H3,(H,28,33)/t27-/m0/s1. The number of nitrogens with one attached hydrogen (secondary N) is 2. The van der Waals surface area contributed by atoms with Crippen molar-refractivity contribution < 1.29 is 19.1 Å². The first kappa shape index (κ1) is 23.9. The number of benzene rings is 2. The molecule has 0 unspecified atom stereocenters. The van der Waals surface area contributed by atoms with Gasteiger partial charge in [0.1, 0.15) is 5.75 Å². The first-order valence-corrected chi connectivity index (χ1v) is 12.1. The van der Waals surface area contributed by atoms with Crippen LogP contribution in [0.4, 0.5) is 10.5 Å². The Morgan fingerprint density at radius 2 is 1.97 bits per heavy atom. The molecule has 0 spiro atoms. The van der Waals surface area contributed by atoms with E-state index in [9.17, 15) is 14.4 Å². The fourth-order valence-corrected chi connectivity index (χ4v) is 5.31. The predicted octanol–water partition coefficient (Wildman–Crippen LogP) is 3.10. The fraction of sp³-hybridized carbons (Fsp3) is 0.370. The zero-order valence-electron chi connectivity index (χ0n) is 21.1. The molecular formula is C27H31N5O4. The van der Waals surface area contributed by atoms with E-state index in [-0.39, 0.29) is 11.8 Å². The second kappa shape index (κ2) is 8.98. The highest BCUT2D eigenvalue weighted by molar-refractivity contribution is 6.25. The number of fused-ring (bicyclic) bond motifs is 5. The van der Waals surface area contributed by atoms with Crippen LogP contribution in [0.1, 0.15) is 35.0 Å². The lowest BCUT2D eigenvalue weighted by Gasteiger charge is -2.35. The summed E-state index contributed by atoms with van der Waals surface area (Å²) in [7, 11) is 5.58. The Bertz CT molecular complexity index is 1360. The quantitative estimate of drug-likeness (QED) is 0.393. The first-order valence-electron chi connectivity index (χ1n) is 12.1. The fourth-order valence-electron chi connectivity index (χ4n) is 5.31. The number of nitrogens with zero attached hydrogens (tertiary/aromatic N) is 3. The Labute approximate surface area is 210 Å². The molecular weight excluding hydrogens is 458 g/mol. The van der Waals surface area contributed by atoms with Gasteiger partial charge in [0.2, 0.25) is 0 Å². The number of para-hydroxylation sites is 1. The summed E-state index contributed by atoms with van der Waals surface area (Å²) < 4.78 is 5.40. The summed E-state index contributed by atoms with van der Waals surface area (Å²) in [5.74, 6) is 0.0519. The lowest BCUT2D eigenvalue weighted by atomic mass is 9.87. The van der Waals surface area contributed by atoms with Gasteiger partial charge in [-0.1, -0.05) is 12.1 Å². The van der Waals surface area contributed by atoms with Crippen molar-refractivity contribution in [2.45, 2.75) is 25.3 Å². The summed E-state index contributed by atoms with van der Waals surface area (Å²) in [5, 5.41) is 3.91. The third-order valence-electron chi connectivity index (χ3n) is 7.22. The van der Waals surface area contributed by atoms with Crippen LogP contribution in [0.15, 0.2) is 42.5 Å². The van der Waals surface area contributed by atoms with Crippen molar-refractivity contribution in [1.82, 2.24) is 20.1 Å². The van der Waals surface area contributed by atoms with E-state index in [4.69, 9.17) is 4.74 Å². The van der Waals surface area contributed by atoms with E-state index in [1.54, 1.807) is 43.2 Å². The van der Waals surface area contributed by atoms with Crippen molar-refractivity contribution in [2.75, 3.05) is 45.7 Å². The van der Waals surface area contributed by atoms with E-state index >= 15 is 0 Å². The summed E-state index contributed by atoms with van der Waals surface area (Å²) in [4.78, 5) is 48.9. The van der Waals surface area contributed by atoms with Crippen molar-refractivity contribution in [3.05, 3.63) is 59.3 Å². The van der Waals surface area contributed by atoms with Gasteiger partial charge in [0.15, 0.2) is 5.54 Å². The van der Waals surface area contributed by atoms with Gasteiger partial charge in [0.25, 0.3) is 11.8 Å². The molecule has 0 radical (unpaired) electrons. The second-order valence-corrected chi connectivity index (χ2v) is 9.72. The molecule has 0 aliphatic carbocycles. The molecule has 4 amide bonds. The van der Waals surface area contributed by atoms with Crippen LogP contribution in [0.3, 0.4) is 0 Å². The summed E-state index contributed by atoms with van der Waals surface area (Å²) in [6, 6.07) is 12.1. The average Bonchev–Trinajstić information content (AvgIpc) is 3.34. The molecule has 3 aromatic rings. The van der Waals surface area contributed by atoms with Crippen molar-refractivity contribution in [3.8, 4) is 5.75 Å². The number of aromatic nitrogens is 1. The number of methoxy groups -OCH3 is 1. The van der Waals surface area contributed by atoms with Crippen LogP contribution in [0.2, 0.25) is 0 Å². The SMILES string of the molecule is COc1ccc2[nH]c3c(c2c1)CCN1C(=O)N(c2ccccc2C(=O)NCCCN(C)C)C(=O)[C@]31C. The lowest BCUT2D eigenvalue weighted by molar-refractivity contribution is -0.125. The predicted molar refractivity (Wildman–Crippen MR) is 137 cm³/mol. The number of imide groups is 1. The number of hydrogen-bond acceptors (Lipinski definition) is 5. The molecule has 9 heteroatoms. The first-order chi connectivity index (χ1) is 17.3. The van der Waals surface area contributed by atoms with Crippen LogP contribution in [0.5, 0.6) is 5.75 Å². The minimum Gasteiger partial charge on any atom is -0.497 e. The van der Waals surface area contributed by atoms with Crippen LogP contribution in [0, 0.1) is 0 Å². The van der Waals surface area contributed by atoms with Gasteiger partial charge in [-0.15, -0.1) is 0 Å². The highest BCUT2D eigenvalue weighted by atomic mass is 16.5. The molecule has 188 valence electrons. The number of carbonyl (C=O) groups is 3. The summed E-state index contributed by atoms with van der Waals surface area (Å²) in [5.41, 5.74) is 2.01. The summed E-state index contributed by atoms with van der Waals surface area (Å²) >= 11 is 0. The minimum absolute atomic E-state index is 0.299. The monoisotopic (exact) mass is 489 g/mol. The van der Waals surface area contributed by atoms with Gasteiger partial charge in [-0.25, -0.2) is 9.69 Å². The normalized spacial score (nSPS) is 19.1. The highest BCUT2D eigenvalue weighted by Gasteiger charge is 2.59. The Morgan fingerprint density at radius 3 is 2.72 bits per heavy atom. The molecule has 1 atom stereocenters. The molecule has 5 rings (SSSR count). The highest BCUT2D eigenvalue weighted by Crippen LogP contribution is 2.46. The number of H-pyrrole nitrogens is 1. The van der Waals surface area contributed by atoms with E-state index in [2.05, 4.69) is 10.3 Å². The molecule has 0 bridgehead atoms. The number of amides is 4. The molecule has 1 aromatic heterocycles. The molecule has 2 aliphatic rings. The Kier molecular flexibility index (Phi) is 5.96. The van der Waals surface area contributed by atoms with Gasteiger partial charge in [-0.2, -0.15) is 0 Å². The molecule has 9 nitrogen and oxygen atoms in total. The second-order valence-electron chi connectivity index (χ2n) is 9.72. The van der Waals surface area contributed by atoms with Crippen LogP contribution < -0.4 is 15.0 Å². The minimum atomic E-state index is -1.20. The van der Waals surface area contributed by atoms with Crippen LogP contribution in [-0.2, 0) is 16.8 Å². The van der Waals surface area contributed by atoms with Crippen molar-refractivity contribution in [2.24, 2.45) is 0 Å². The molecule has 2 aliphatic heterocycles. The Morgan fingerprint density at radius 1 is 1.19 bits per heavy atom.